The van der Waals surface area contributed by atoms with Gasteiger partial charge in [0.2, 0.25) is 5.91 Å². The Bertz CT molecular complexity index is 1680. The van der Waals surface area contributed by atoms with Crippen LogP contribution in [-0.4, -0.2) is 82.2 Å². The second kappa shape index (κ2) is 13.4. The minimum absolute atomic E-state index is 0.0240. The van der Waals surface area contributed by atoms with E-state index in [0.717, 1.165) is 10.8 Å². The summed E-state index contributed by atoms with van der Waals surface area (Å²) in [6.45, 7) is 0.773. The second-order valence-corrected chi connectivity index (χ2v) is 12.4. The van der Waals surface area contributed by atoms with Crippen molar-refractivity contribution in [2.75, 3.05) is 50.4 Å². The molecule has 1 saturated heterocycles. The number of hydrazine groups is 1. The van der Waals surface area contributed by atoms with Gasteiger partial charge in [0.05, 0.1) is 53.7 Å². The fraction of sp³-hybridized carbons (Fsp3) is 0.433. The van der Waals surface area contributed by atoms with Crippen LogP contribution in [0.5, 0.6) is 5.75 Å². The van der Waals surface area contributed by atoms with Crippen molar-refractivity contribution in [1.29, 1.82) is 0 Å². The van der Waals surface area contributed by atoms with Gasteiger partial charge in [-0.15, -0.1) is 0 Å². The van der Waals surface area contributed by atoms with Gasteiger partial charge in [0.15, 0.2) is 9.84 Å². The van der Waals surface area contributed by atoms with Crippen LogP contribution in [0.4, 0.5) is 28.9 Å². The number of rotatable bonds is 9. The third-order valence-corrected chi connectivity index (χ3v) is 8.55. The summed E-state index contributed by atoms with van der Waals surface area (Å²) in [6.07, 6.45) is -4.22. The highest BCUT2D eigenvalue weighted by Crippen LogP contribution is 2.34. The molecule has 14 heteroatoms. The van der Waals surface area contributed by atoms with E-state index < -0.39 is 34.8 Å². The molecule has 3 aromatic rings. The number of alkyl halides is 4. The van der Waals surface area contributed by atoms with E-state index in [1.54, 1.807) is 43.2 Å². The number of carbonyl (C=O) groups is 1. The highest BCUT2D eigenvalue weighted by Gasteiger charge is 2.36. The second-order valence-electron chi connectivity index (χ2n) is 10.4. The maximum atomic E-state index is 15.4. The van der Waals surface area contributed by atoms with E-state index in [-0.39, 0.29) is 47.3 Å². The van der Waals surface area contributed by atoms with E-state index in [1.165, 1.54) is 30.2 Å². The van der Waals surface area contributed by atoms with Crippen molar-refractivity contribution in [3.05, 3.63) is 48.2 Å². The topological polar surface area (TPSA) is 95.9 Å². The van der Waals surface area contributed by atoms with Gasteiger partial charge in [0.1, 0.15) is 18.5 Å². The Morgan fingerprint density at radius 1 is 1.20 bits per heavy atom. The zero-order valence-electron chi connectivity index (χ0n) is 24.8. The molecule has 1 fully saturated rings. The van der Waals surface area contributed by atoms with Crippen molar-refractivity contribution < 1.29 is 35.5 Å². The van der Waals surface area contributed by atoms with E-state index in [2.05, 4.69) is 22.6 Å². The number of hydrogen-bond donors (Lipinski definition) is 2. The third kappa shape index (κ3) is 7.39. The molecule has 1 aromatic heterocycles. The van der Waals surface area contributed by atoms with Gasteiger partial charge in [0.25, 0.3) is 0 Å². The Balaban J connectivity index is 1.65. The molecule has 0 unspecified atom stereocenters. The molecule has 1 amide bonds. The molecule has 2 atom stereocenters. The Labute approximate surface area is 254 Å². The maximum Gasteiger partial charge on any atom is 0.406 e. The van der Waals surface area contributed by atoms with Crippen LogP contribution in [0.3, 0.4) is 0 Å². The molecule has 2 N–H and O–H groups in total. The van der Waals surface area contributed by atoms with Crippen molar-refractivity contribution >= 4 is 38.0 Å². The molecule has 2 aromatic carbocycles. The van der Waals surface area contributed by atoms with Gasteiger partial charge in [0, 0.05) is 37.7 Å². The van der Waals surface area contributed by atoms with Gasteiger partial charge in [-0.25, -0.2) is 18.2 Å². The van der Waals surface area contributed by atoms with E-state index in [1.807, 2.05) is 0 Å². The van der Waals surface area contributed by atoms with E-state index in [9.17, 15) is 26.4 Å². The van der Waals surface area contributed by atoms with Crippen LogP contribution in [-0.2, 0) is 21.2 Å². The lowest BCUT2D eigenvalue weighted by molar-refractivity contribution is -0.140. The largest absolute Gasteiger partial charge is 0.495 e. The molecule has 0 saturated carbocycles. The molecule has 0 bridgehead atoms. The number of methoxy groups -OCH3 is 1. The van der Waals surface area contributed by atoms with Crippen molar-refractivity contribution in [2.24, 2.45) is 0 Å². The summed E-state index contributed by atoms with van der Waals surface area (Å²) in [5.41, 5.74) is 4.35. The van der Waals surface area contributed by atoms with Gasteiger partial charge in [-0.2, -0.15) is 13.2 Å². The minimum atomic E-state index is -4.53. The van der Waals surface area contributed by atoms with Gasteiger partial charge < -0.3 is 24.5 Å². The lowest BCUT2D eigenvalue weighted by Gasteiger charge is -2.41. The normalized spacial score (nSPS) is 17.2. The third-order valence-electron chi connectivity index (χ3n) is 7.44. The Kier molecular flexibility index (Phi) is 10.00. The number of likely N-dealkylation sites (tertiary alicyclic amines) is 1. The summed E-state index contributed by atoms with van der Waals surface area (Å²) < 4.78 is 86.5. The molecule has 9 nitrogen and oxygen atoms in total. The number of piperidine rings is 1. The number of ether oxygens (including phenoxy) is 1. The van der Waals surface area contributed by atoms with Gasteiger partial charge >= 0.3 is 6.18 Å². The highest BCUT2D eigenvalue weighted by molar-refractivity contribution is 7.90. The number of fused-ring (bicyclic) bond motifs is 1. The van der Waals surface area contributed by atoms with Crippen LogP contribution in [0, 0.1) is 11.8 Å². The molecule has 44 heavy (non-hydrogen) atoms. The molecular weight excluding hydrogens is 602 g/mol. The highest BCUT2D eigenvalue weighted by atomic mass is 32.2. The van der Waals surface area contributed by atoms with Gasteiger partial charge in [-0.1, -0.05) is 18.9 Å². The number of carbonyl (C=O) groups excluding carboxylic acids is 1. The number of hydrogen-bond acceptors (Lipinski definition) is 7. The predicted molar refractivity (Wildman–Crippen MR) is 161 cm³/mol. The number of sulfone groups is 1. The number of nitrogens with zero attached hydrogens (tertiary/aromatic N) is 3. The fourth-order valence-corrected chi connectivity index (χ4v) is 5.99. The van der Waals surface area contributed by atoms with E-state index >= 15 is 4.39 Å². The number of halogens is 4. The van der Waals surface area contributed by atoms with Crippen LogP contribution in [0.25, 0.3) is 10.9 Å². The summed E-state index contributed by atoms with van der Waals surface area (Å²) in [4.78, 5) is 13.7. The lowest BCUT2D eigenvalue weighted by Crippen LogP contribution is -2.57. The number of anilines is 2. The van der Waals surface area contributed by atoms with Crippen molar-refractivity contribution in [1.82, 2.24) is 14.9 Å². The number of aromatic nitrogens is 1. The van der Waals surface area contributed by atoms with E-state index in [0.29, 0.717) is 29.7 Å². The van der Waals surface area contributed by atoms with Crippen LogP contribution in [0.2, 0.25) is 0 Å². The molecule has 238 valence electrons. The van der Waals surface area contributed by atoms with Crippen molar-refractivity contribution in [3.8, 4) is 17.6 Å². The standard InChI is InChI=1S/C30H35F4N5O4S/c1-5-29(40)37-15-13-27(23(31)18-37)39(35-2)26-10-6-9-25-22(26)16-20(38(25)19-30(32,33)34)8-7-14-36-24-12-11-21(44(4,41)42)17-28(24)43-3/h6,9-12,16-17,23,27,35-36H,5,13-15,18-19H2,1-4H3/t23-,27+/m0/s1. The molecular formula is C30H35F4N5O4S. The number of benzene rings is 2. The van der Waals surface area contributed by atoms with Crippen molar-refractivity contribution in [2.45, 2.75) is 49.6 Å². The predicted octanol–water partition coefficient (Wildman–Crippen LogP) is 4.37. The molecule has 4 rings (SSSR count). The first kappa shape index (κ1) is 32.9. The van der Waals surface area contributed by atoms with Gasteiger partial charge in [-0.3, -0.25) is 4.79 Å². The number of nitrogens with one attached hydrogen (secondary N) is 2. The van der Waals surface area contributed by atoms with Crippen LogP contribution < -0.4 is 20.5 Å². The Hall–Kier alpha value is -3.96. The monoisotopic (exact) mass is 637 g/mol. The first-order valence-corrected chi connectivity index (χ1v) is 15.8. The van der Waals surface area contributed by atoms with Crippen molar-refractivity contribution in [3.63, 3.8) is 0 Å². The molecule has 1 aliphatic rings. The molecule has 1 aliphatic heterocycles. The maximum absolute atomic E-state index is 15.4. The van der Waals surface area contributed by atoms with Crippen LogP contribution in [0.1, 0.15) is 25.5 Å². The summed E-state index contributed by atoms with van der Waals surface area (Å²) in [7, 11) is -0.446. The fourth-order valence-electron chi connectivity index (χ4n) is 5.35. The summed E-state index contributed by atoms with van der Waals surface area (Å²) in [5.74, 6) is 5.80. The molecule has 2 heterocycles. The number of amides is 1. The van der Waals surface area contributed by atoms with Crippen LogP contribution >= 0.6 is 0 Å². The van der Waals surface area contributed by atoms with Gasteiger partial charge in [-0.05, 0) is 42.7 Å². The molecule has 0 aliphatic carbocycles. The van der Waals surface area contributed by atoms with Crippen LogP contribution in [0.15, 0.2) is 47.4 Å². The minimum Gasteiger partial charge on any atom is -0.495 e. The SMILES string of the molecule is CCC(=O)N1CC[C@@H](N(NC)c2cccc3c2cc(C#CCNc2ccc(S(C)(=O)=O)cc2OC)n3CC(F)(F)F)[C@@H](F)C1. The quantitative estimate of drug-likeness (QED) is 0.205. The smallest absolute Gasteiger partial charge is 0.406 e. The Morgan fingerprint density at radius 3 is 2.57 bits per heavy atom. The lowest BCUT2D eigenvalue weighted by atomic mass is 10.0. The average Bonchev–Trinajstić information content (AvgIpc) is 3.31. The average molecular weight is 638 g/mol. The molecule has 0 radical (unpaired) electrons. The summed E-state index contributed by atoms with van der Waals surface area (Å²) >= 11 is 0. The summed E-state index contributed by atoms with van der Waals surface area (Å²) in [6, 6.07) is 10.1. The first-order chi connectivity index (χ1) is 20.8. The zero-order valence-corrected chi connectivity index (χ0v) is 25.7. The first-order valence-electron chi connectivity index (χ1n) is 14.0. The Morgan fingerprint density at radius 2 is 1.95 bits per heavy atom. The zero-order chi connectivity index (χ0) is 32.2. The summed E-state index contributed by atoms with van der Waals surface area (Å²) in [5, 5.41) is 5.08. The van der Waals surface area contributed by atoms with E-state index in [4.69, 9.17) is 4.74 Å². The molecule has 0 spiro atoms.